The molecule has 2 N–H and O–H groups in total. The number of thioether (sulfide) groups is 1. The number of hydrogen-bond acceptors (Lipinski definition) is 3. The molecular weight excluding hydrogens is 294 g/mol. The maximum atomic E-state index is 12.3. The number of benzene rings is 2. The molecule has 1 unspecified atom stereocenters. The van der Waals surface area contributed by atoms with Gasteiger partial charge in [0.25, 0.3) is 0 Å². The average Bonchev–Trinajstić information content (AvgIpc) is 2.99. The standard InChI is InChI=1S/C18H19NO2S/c20-11-14-7-5-13(6-8-14)9-10-19-18(21)16-12-22-17-4-2-1-3-15(16)17/h1-8,16,20H,9-12H2,(H,19,21). The van der Waals surface area contributed by atoms with E-state index in [0.29, 0.717) is 6.54 Å². The zero-order chi connectivity index (χ0) is 15.4. The zero-order valence-electron chi connectivity index (χ0n) is 12.3. The van der Waals surface area contributed by atoms with E-state index < -0.39 is 0 Å². The Labute approximate surface area is 134 Å². The Kier molecular flexibility index (Phi) is 4.80. The molecule has 0 aromatic heterocycles. The first-order chi connectivity index (χ1) is 10.8. The van der Waals surface area contributed by atoms with Crippen LogP contribution in [0.25, 0.3) is 0 Å². The lowest BCUT2D eigenvalue weighted by Crippen LogP contribution is -2.31. The number of rotatable bonds is 5. The molecule has 0 fully saturated rings. The first kappa shape index (κ1) is 15.1. The Morgan fingerprint density at radius 3 is 2.64 bits per heavy atom. The van der Waals surface area contributed by atoms with Gasteiger partial charge >= 0.3 is 0 Å². The summed E-state index contributed by atoms with van der Waals surface area (Å²) >= 11 is 1.75. The summed E-state index contributed by atoms with van der Waals surface area (Å²) in [6.07, 6.45) is 0.805. The van der Waals surface area contributed by atoms with Crippen LogP contribution in [0.2, 0.25) is 0 Å². The number of fused-ring (bicyclic) bond motifs is 1. The number of aliphatic hydroxyl groups is 1. The van der Waals surface area contributed by atoms with Crippen molar-refractivity contribution in [1.29, 1.82) is 0 Å². The molecule has 4 heteroatoms. The van der Waals surface area contributed by atoms with Crippen molar-refractivity contribution in [3.8, 4) is 0 Å². The second-order valence-electron chi connectivity index (χ2n) is 5.42. The lowest BCUT2D eigenvalue weighted by atomic mass is 10.0. The highest BCUT2D eigenvalue weighted by Crippen LogP contribution is 2.39. The first-order valence-corrected chi connectivity index (χ1v) is 8.44. The van der Waals surface area contributed by atoms with E-state index in [0.717, 1.165) is 23.3 Å². The molecule has 1 aliphatic rings. The number of nitrogens with one attached hydrogen (secondary N) is 1. The Bertz CT molecular complexity index is 654. The summed E-state index contributed by atoms with van der Waals surface area (Å²) in [6, 6.07) is 16.0. The molecule has 3 nitrogen and oxygen atoms in total. The van der Waals surface area contributed by atoms with E-state index >= 15 is 0 Å². The lowest BCUT2D eigenvalue weighted by Gasteiger charge is -2.11. The topological polar surface area (TPSA) is 49.3 Å². The second kappa shape index (κ2) is 6.99. The van der Waals surface area contributed by atoms with Crippen molar-refractivity contribution in [2.45, 2.75) is 23.8 Å². The summed E-state index contributed by atoms with van der Waals surface area (Å²) in [5.74, 6) is 0.915. The van der Waals surface area contributed by atoms with Crippen molar-refractivity contribution in [2.75, 3.05) is 12.3 Å². The van der Waals surface area contributed by atoms with Crippen molar-refractivity contribution >= 4 is 17.7 Å². The maximum Gasteiger partial charge on any atom is 0.228 e. The van der Waals surface area contributed by atoms with Gasteiger partial charge in [0.2, 0.25) is 5.91 Å². The molecule has 1 aliphatic heterocycles. The van der Waals surface area contributed by atoms with Crippen molar-refractivity contribution in [2.24, 2.45) is 0 Å². The summed E-state index contributed by atoms with van der Waals surface area (Å²) in [6.45, 7) is 0.705. The van der Waals surface area contributed by atoms with E-state index in [1.165, 1.54) is 10.5 Å². The fourth-order valence-corrected chi connectivity index (χ4v) is 3.87. The van der Waals surface area contributed by atoms with Gasteiger partial charge in [-0.15, -0.1) is 11.8 Å². The van der Waals surface area contributed by atoms with Gasteiger partial charge in [-0.3, -0.25) is 4.79 Å². The van der Waals surface area contributed by atoms with Gasteiger partial charge in [-0.05, 0) is 29.2 Å². The van der Waals surface area contributed by atoms with Crippen LogP contribution in [0.4, 0.5) is 0 Å². The predicted molar refractivity (Wildman–Crippen MR) is 89.0 cm³/mol. The number of carbonyl (C=O) groups excluding carboxylic acids is 1. The molecule has 0 saturated heterocycles. The molecule has 1 amide bonds. The highest BCUT2D eigenvalue weighted by molar-refractivity contribution is 7.99. The van der Waals surface area contributed by atoms with Crippen LogP contribution in [-0.2, 0) is 17.8 Å². The Hall–Kier alpha value is -1.78. The van der Waals surface area contributed by atoms with Gasteiger partial charge in [0.05, 0.1) is 12.5 Å². The number of amides is 1. The Morgan fingerprint density at radius 2 is 1.86 bits per heavy atom. The fraction of sp³-hybridized carbons (Fsp3) is 0.278. The van der Waals surface area contributed by atoms with Crippen LogP contribution >= 0.6 is 11.8 Å². The molecule has 1 atom stereocenters. The second-order valence-corrected chi connectivity index (χ2v) is 6.48. The minimum atomic E-state index is -0.0297. The van der Waals surface area contributed by atoms with Gasteiger partial charge < -0.3 is 10.4 Å². The molecule has 0 saturated carbocycles. The molecule has 0 aliphatic carbocycles. The first-order valence-electron chi connectivity index (χ1n) is 7.46. The van der Waals surface area contributed by atoms with Crippen LogP contribution in [-0.4, -0.2) is 23.3 Å². The van der Waals surface area contributed by atoms with Crippen LogP contribution in [0.1, 0.15) is 22.6 Å². The van der Waals surface area contributed by atoms with Crippen molar-refractivity contribution in [3.63, 3.8) is 0 Å². The summed E-state index contributed by atoms with van der Waals surface area (Å²) in [5, 5.41) is 12.1. The van der Waals surface area contributed by atoms with E-state index in [1.54, 1.807) is 11.8 Å². The summed E-state index contributed by atoms with van der Waals surface area (Å²) in [7, 11) is 0. The molecule has 3 rings (SSSR count). The largest absolute Gasteiger partial charge is 0.392 e. The molecule has 114 valence electrons. The predicted octanol–water partition coefficient (Wildman–Crippen LogP) is 2.73. The molecule has 22 heavy (non-hydrogen) atoms. The summed E-state index contributed by atoms with van der Waals surface area (Å²) < 4.78 is 0. The quantitative estimate of drug-likeness (QED) is 0.892. The van der Waals surface area contributed by atoms with Gasteiger partial charge in [0.15, 0.2) is 0 Å². The van der Waals surface area contributed by atoms with E-state index in [2.05, 4.69) is 11.4 Å². The van der Waals surface area contributed by atoms with E-state index in [4.69, 9.17) is 5.11 Å². The third-order valence-electron chi connectivity index (χ3n) is 3.93. The van der Waals surface area contributed by atoms with Gasteiger partial charge in [-0.2, -0.15) is 0 Å². The van der Waals surface area contributed by atoms with Crippen LogP contribution < -0.4 is 5.32 Å². The number of hydrogen-bond donors (Lipinski definition) is 2. The highest BCUT2D eigenvalue weighted by Gasteiger charge is 2.28. The maximum absolute atomic E-state index is 12.3. The minimum Gasteiger partial charge on any atom is -0.392 e. The molecule has 2 aromatic carbocycles. The van der Waals surface area contributed by atoms with E-state index in [9.17, 15) is 4.79 Å². The van der Waals surface area contributed by atoms with Crippen LogP contribution in [0, 0.1) is 0 Å². The number of aliphatic hydroxyl groups excluding tert-OH is 1. The lowest BCUT2D eigenvalue weighted by molar-refractivity contribution is -0.122. The fourth-order valence-electron chi connectivity index (χ4n) is 2.64. The molecular formula is C18H19NO2S. The van der Waals surface area contributed by atoms with Crippen LogP contribution in [0.3, 0.4) is 0 Å². The third kappa shape index (κ3) is 3.34. The Morgan fingerprint density at radius 1 is 1.14 bits per heavy atom. The summed E-state index contributed by atoms with van der Waals surface area (Å²) in [4.78, 5) is 13.6. The third-order valence-corrected chi connectivity index (χ3v) is 5.12. The van der Waals surface area contributed by atoms with Crippen molar-refractivity contribution in [1.82, 2.24) is 5.32 Å². The SMILES string of the molecule is O=C(NCCc1ccc(CO)cc1)C1CSc2ccccc21. The number of carbonyl (C=O) groups is 1. The molecule has 0 bridgehead atoms. The van der Waals surface area contributed by atoms with Gasteiger partial charge in [-0.1, -0.05) is 42.5 Å². The normalized spacial score (nSPS) is 16.3. The smallest absolute Gasteiger partial charge is 0.228 e. The van der Waals surface area contributed by atoms with Gasteiger partial charge in [0, 0.05) is 17.2 Å². The minimum absolute atomic E-state index is 0.0297. The van der Waals surface area contributed by atoms with Crippen LogP contribution in [0.5, 0.6) is 0 Å². The molecule has 2 aromatic rings. The molecule has 0 radical (unpaired) electrons. The summed E-state index contributed by atoms with van der Waals surface area (Å²) in [5.41, 5.74) is 3.23. The van der Waals surface area contributed by atoms with Gasteiger partial charge in [-0.25, -0.2) is 0 Å². The van der Waals surface area contributed by atoms with Gasteiger partial charge in [0.1, 0.15) is 0 Å². The van der Waals surface area contributed by atoms with Crippen molar-refractivity contribution < 1.29 is 9.90 Å². The van der Waals surface area contributed by atoms with Crippen molar-refractivity contribution in [3.05, 3.63) is 65.2 Å². The Balaban J connectivity index is 1.52. The highest BCUT2D eigenvalue weighted by atomic mass is 32.2. The monoisotopic (exact) mass is 313 g/mol. The zero-order valence-corrected chi connectivity index (χ0v) is 13.1. The van der Waals surface area contributed by atoms with Crippen LogP contribution in [0.15, 0.2) is 53.4 Å². The van der Waals surface area contributed by atoms with E-state index in [-0.39, 0.29) is 18.4 Å². The average molecular weight is 313 g/mol. The molecule has 1 heterocycles. The molecule has 0 spiro atoms. The van der Waals surface area contributed by atoms with E-state index in [1.807, 2.05) is 42.5 Å².